The van der Waals surface area contributed by atoms with Gasteiger partial charge in [-0.2, -0.15) is 13.3 Å². The van der Waals surface area contributed by atoms with Crippen molar-refractivity contribution in [3.63, 3.8) is 0 Å². The molecule has 4 aromatic rings. The number of aromatic nitrogens is 4. The lowest BCUT2D eigenvalue weighted by Crippen LogP contribution is -2.29. The number of nitrogens with zero attached hydrogens (tertiary/aromatic N) is 4. The molecule has 3 heterocycles. The number of alkyl halides is 2. The molecule has 0 bridgehead atoms. The topological polar surface area (TPSA) is 103 Å². The van der Waals surface area contributed by atoms with Gasteiger partial charge in [0.25, 0.3) is 0 Å². The zero-order valence-corrected chi connectivity index (χ0v) is 18.6. The summed E-state index contributed by atoms with van der Waals surface area (Å²) in [4.78, 5) is 9.14. The Hall–Kier alpha value is -3.73. The molecule has 2 aromatic carbocycles. The number of hydrogen-bond acceptors (Lipinski definition) is 8. The van der Waals surface area contributed by atoms with Crippen LogP contribution in [-0.2, 0) is 19.4 Å². The molecule has 178 valence electrons. The van der Waals surface area contributed by atoms with E-state index in [0.717, 1.165) is 5.56 Å². The first kappa shape index (κ1) is 22.1. The predicted octanol–water partition coefficient (Wildman–Crippen LogP) is 3.36. The molecule has 9 nitrogen and oxygen atoms in total. The van der Waals surface area contributed by atoms with E-state index in [2.05, 4.69) is 20.4 Å². The van der Waals surface area contributed by atoms with Crippen LogP contribution in [0.4, 0.5) is 14.7 Å². The summed E-state index contributed by atoms with van der Waals surface area (Å²) >= 11 is 0. The molecule has 0 spiro atoms. The van der Waals surface area contributed by atoms with Gasteiger partial charge in [0, 0.05) is 30.0 Å². The van der Waals surface area contributed by atoms with E-state index < -0.39 is 6.11 Å². The second-order valence-corrected chi connectivity index (χ2v) is 7.89. The molecule has 0 amide bonds. The number of aliphatic hydroxyl groups is 1. The quantitative estimate of drug-likeness (QED) is 0.423. The summed E-state index contributed by atoms with van der Waals surface area (Å²) < 4.78 is 45.5. The Labute approximate surface area is 193 Å². The first-order chi connectivity index (χ1) is 16.4. The summed E-state index contributed by atoms with van der Waals surface area (Å²) in [5.74, 6) is 2.02. The van der Waals surface area contributed by atoms with Crippen LogP contribution >= 0.6 is 0 Å². The van der Waals surface area contributed by atoms with Crippen molar-refractivity contribution in [3.8, 4) is 17.2 Å². The van der Waals surface area contributed by atoms with Gasteiger partial charge in [0.1, 0.15) is 17.0 Å². The number of aryl methyl sites for hydroxylation is 1. The molecule has 0 aliphatic carbocycles. The molecular formula is C23H23F2N5O4. The van der Waals surface area contributed by atoms with Crippen LogP contribution in [0.25, 0.3) is 16.6 Å². The number of benzene rings is 2. The van der Waals surface area contributed by atoms with Gasteiger partial charge in [-0.3, -0.25) is 0 Å². The highest BCUT2D eigenvalue weighted by Crippen LogP contribution is 2.40. The number of fused-ring (bicyclic) bond motifs is 5. The molecule has 0 radical (unpaired) electrons. The summed E-state index contributed by atoms with van der Waals surface area (Å²) in [6.45, 7) is 0.181. The maximum absolute atomic E-state index is 14.1. The number of ether oxygens (including phenoxy) is 3. The van der Waals surface area contributed by atoms with E-state index in [-0.39, 0.29) is 37.1 Å². The maximum atomic E-state index is 14.1. The molecule has 0 unspecified atom stereocenters. The van der Waals surface area contributed by atoms with Crippen LogP contribution in [0.1, 0.15) is 23.4 Å². The molecule has 5 rings (SSSR count). The van der Waals surface area contributed by atoms with Crippen LogP contribution in [0.3, 0.4) is 0 Å². The predicted molar refractivity (Wildman–Crippen MR) is 120 cm³/mol. The van der Waals surface area contributed by atoms with Gasteiger partial charge in [-0.1, -0.05) is 6.07 Å². The van der Waals surface area contributed by atoms with E-state index in [1.54, 1.807) is 32.4 Å². The Balaban J connectivity index is 1.62. The van der Waals surface area contributed by atoms with Crippen molar-refractivity contribution in [1.82, 2.24) is 19.6 Å². The lowest BCUT2D eigenvalue weighted by atomic mass is 10.0. The third-order valence-electron chi connectivity index (χ3n) is 5.73. The molecule has 1 aliphatic heterocycles. The zero-order valence-electron chi connectivity index (χ0n) is 18.6. The molecule has 0 saturated carbocycles. The summed E-state index contributed by atoms with van der Waals surface area (Å²) in [6.07, 6.45) is -3.23. The summed E-state index contributed by atoms with van der Waals surface area (Å²) in [6, 6.07) is 8.97. The van der Waals surface area contributed by atoms with Crippen molar-refractivity contribution in [2.75, 3.05) is 26.1 Å². The second-order valence-electron chi connectivity index (χ2n) is 7.89. The Bertz CT molecular complexity index is 1370. The van der Waals surface area contributed by atoms with E-state index in [1.165, 1.54) is 4.52 Å². The minimum atomic E-state index is -3.27. The fourth-order valence-electron chi connectivity index (χ4n) is 4.02. The first-order valence-corrected chi connectivity index (χ1v) is 10.8. The van der Waals surface area contributed by atoms with Gasteiger partial charge in [0.2, 0.25) is 5.95 Å². The second kappa shape index (κ2) is 8.56. The highest BCUT2D eigenvalue weighted by molar-refractivity contribution is 5.97. The maximum Gasteiger partial charge on any atom is 0.398 e. The van der Waals surface area contributed by atoms with E-state index in [4.69, 9.17) is 14.2 Å². The molecule has 2 N–H and O–H groups in total. The summed E-state index contributed by atoms with van der Waals surface area (Å²) in [7, 11) is 3.14. The van der Waals surface area contributed by atoms with Crippen LogP contribution < -0.4 is 19.5 Å². The average Bonchev–Trinajstić information content (AvgIpc) is 3.26. The normalized spacial score (nSPS) is 14.6. The number of hydrogen-bond donors (Lipinski definition) is 2. The van der Waals surface area contributed by atoms with Crippen LogP contribution in [0.15, 0.2) is 30.3 Å². The smallest absolute Gasteiger partial charge is 0.398 e. The number of halogens is 2. The van der Waals surface area contributed by atoms with Crippen molar-refractivity contribution in [1.29, 1.82) is 0 Å². The van der Waals surface area contributed by atoms with Crippen molar-refractivity contribution < 1.29 is 28.1 Å². The number of anilines is 1. The van der Waals surface area contributed by atoms with Crippen molar-refractivity contribution in [2.45, 2.75) is 31.9 Å². The lowest BCUT2D eigenvalue weighted by Gasteiger charge is -2.26. The standard InChI is InChI=1S/C23H23F2N5O4/c1-32-15-5-3-14(17(11-15)33-2)12-26-22-28-19-16(21-27-18(8-10-31)29-30(21)22)6-4-13-7-9-23(24,25)34-20(13)19/h3-6,11,31H,7-10,12H2,1-2H3,(H,26,28). The van der Waals surface area contributed by atoms with E-state index in [9.17, 15) is 13.9 Å². The van der Waals surface area contributed by atoms with Crippen LogP contribution in [-0.4, -0.2) is 51.6 Å². The average molecular weight is 471 g/mol. The zero-order chi connectivity index (χ0) is 23.9. The SMILES string of the molecule is COc1ccc(CNc2nc3c4c(ccc3c3nc(CCO)nn23)CCC(F)(F)O4)c(OC)c1. The molecular weight excluding hydrogens is 448 g/mol. The number of nitrogens with one attached hydrogen (secondary N) is 1. The molecule has 2 aromatic heterocycles. The summed E-state index contributed by atoms with van der Waals surface area (Å²) in [5.41, 5.74) is 2.19. The largest absolute Gasteiger partial charge is 0.497 e. The van der Waals surface area contributed by atoms with Gasteiger partial charge >= 0.3 is 6.11 Å². The van der Waals surface area contributed by atoms with Gasteiger partial charge in [0.15, 0.2) is 17.2 Å². The van der Waals surface area contributed by atoms with E-state index >= 15 is 0 Å². The van der Waals surface area contributed by atoms with Crippen molar-refractivity contribution in [2.24, 2.45) is 0 Å². The van der Waals surface area contributed by atoms with Gasteiger partial charge in [-0.05, 0) is 30.2 Å². The first-order valence-electron chi connectivity index (χ1n) is 10.8. The molecule has 1 aliphatic rings. The molecule has 0 atom stereocenters. The van der Waals surface area contributed by atoms with Crippen LogP contribution in [0.2, 0.25) is 0 Å². The van der Waals surface area contributed by atoms with Gasteiger partial charge in [0.05, 0.1) is 27.2 Å². The minimum Gasteiger partial charge on any atom is -0.497 e. The molecule has 11 heteroatoms. The van der Waals surface area contributed by atoms with Crippen LogP contribution in [0, 0.1) is 0 Å². The van der Waals surface area contributed by atoms with Gasteiger partial charge in [-0.15, -0.1) is 5.10 Å². The molecule has 0 saturated heterocycles. The minimum absolute atomic E-state index is 0.0491. The third-order valence-corrected chi connectivity index (χ3v) is 5.73. The highest BCUT2D eigenvalue weighted by atomic mass is 19.3. The number of rotatable bonds is 7. The monoisotopic (exact) mass is 471 g/mol. The molecule has 0 fully saturated rings. The number of aliphatic hydroxyl groups excluding tert-OH is 1. The number of methoxy groups -OCH3 is 2. The summed E-state index contributed by atoms with van der Waals surface area (Å²) in [5, 5.41) is 17.5. The van der Waals surface area contributed by atoms with Crippen LogP contribution in [0.5, 0.6) is 17.2 Å². The Morgan fingerprint density at radius 1 is 1.18 bits per heavy atom. The fraction of sp³-hybridized carbons (Fsp3) is 0.348. The molecule has 34 heavy (non-hydrogen) atoms. The Morgan fingerprint density at radius 3 is 2.79 bits per heavy atom. The Morgan fingerprint density at radius 2 is 2.03 bits per heavy atom. The highest BCUT2D eigenvalue weighted by Gasteiger charge is 2.37. The Kier molecular flexibility index (Phi) is 5.56. The van der Waals surface area contributed by atoms with E-state index in [1.807, 2.05) is 12.1 Å². The lowest BCUT2D eigenvalue weighted by molar-refractivity contribution is -0.186. The van der Waals surface area contributed by atoms with Crippen molar-refractivity contribution in [3.05, 3.63) is 47.3 Å². The third kappa shape index (κ3) is 3.92. The van der Waals surface area contributed by atoms with Gasteiger partial charge < -0.3 is 24.6 Å². The van der Waals surface area contributed by atoms with E-state index in [0.29, 0.717) is 46.4 Å². The fourth-order valence-corrected chi connectivity index (χ4v) is 4.02. The van der Waals surface area contributed by atoms with Crippen molar-refractivity contribution >= 4 is 22.5 Å². The van der Waals surface area contributed by atoms with Gasteiger partial charge in [-0.25, -0.2) is 9.97 Å².